The standard InChI is InChI=1S/C25H23F6N5O/c26-24(27,28)19-11-5-3-9-17(19)22-32-23(18-10-4-6-12-20(18)25(29,30)31)36(34-22)16-13-21(37)33-35-14-7-1-2-8-15-35/h3-6,9-13,16H,1-2,7-8,14-15H2,(H,33,37)/b16-13-. The Morgan fingerprint density at radius 1 is 0.811 bits per heavy atom. The summed E-state index contributed by atoms with van der Waals surface area (Å²) in [5.41, 5.74) is -0.161. The highest BCUT2D eigenvalue weighted by Crippen LogP contribution is 2.39. The van der Waals surface area contributed by atoms with Crippen molar-refractivity contribution in [1.29, 1.82) is 0 Å². The first-order valence-electron chi connectivity index (χ1n) is 11.6. The van der Waals surface area contributed by atoms with Crippen molar-refractivity contribution in [3.63, 3.8) is 0 Å². The third-order valence-corrected chi connectivity index (χ3v) is 5.82. The van der Waals surface area contributed by atoms with E-state index in [-0.39, 0.29) is 5.82 Å². The summed E-state index contributed by atoms with van der Waals surface area (Å²) < 4.78 is 82.9. The quantitative estimate of drug-likeness (QED) is 0.328. The topological polar surface area (TPSA) is 63.1 Å². The van der Waals surface area contributed by atoms with Crippen LogP contribution in [0.3, 0.4) is 0 Å². The number of nitrogens with zero attached hydrogens (tertiary/aromatic N) is 4. The number of carbonyl (C=O) groups excluding carboxylic acids is 1. The number of alkyl halides is 6. The number of rotatable bonds is 5. The molecule has 2 aromatic carbocycles. The maximum atomic E-state index is 13.7. The van der Waals surface area contributed by atoms with Crippen molar-refractivity contribution in [2.45, 2.75) is 38.0 Å². The molecule has 196 valence electrons. The van der Waals surface area contributed by atoms with Gasteiger partial charge in [-0.3, -0.25) is 10.2 Å². The van der Waals surface area contributed by atoms with E-state index >= 15 is 0 Å². The fraction of sp³-hybridized carbons (Fsp3) is 0.320. The Balaban J connectivity index is 1.76. The largest absolute Gasteiger partial charge is 0.417 e. The van der Waals surface area contributed by atoms with Crippen molar-refractivity contribution in [3.8, 4) is 22.8 Å². The van der Waals surface area contributed by atoms with Crippen molar-refractivity contribution >= 4 is 12.1 Å². The van der Waals surface area contributed by atoms with Crippen LogP contribution in [0, 0.1) is 0 Å². The Morgan fingerprint density at radius 3 is 1.95 bits per heavy atom. The average molecular weight is 523 g/mol. The first-order valence-corrected chi connectivity index (χ1v) is 11.6. The highest BCUT2D eigenvalue weighted by Gasteiger charge is 2.36. The van der Waals surface area contributed by atoms with Crippen LogP contribution in [0.4, 0.5) is 26.3 Å². The van der Waals surface area contributed by atoms with Crippen LogP contribution in [0.25, 0.3) is 29.0 Å². The summed E-state index contributed by atoms with van der Waals surface area (Å²) in [6, 6.07) is 9.04. The maximum absolute atomic E-state index is 13.7. The van der Waals surface area contributed by atoms with Crippen molar-refractivity contribution in [2.75, 3.05) is 13.1 Å². The van der Waals surface area contributed by atoms with Gasteiger partial charge in [0.2, 0.25) is 0 Å². The number of nitrogens with one attached hydrogen (secondary N) is 1. The summed E-state index contributed by atoms with van der Waals surface area (Å²) in [6.45, 7) is 1.32. The van der Waals surface area contributed by atoms with Crippen LogP contribution in [-0.4, -0.2) is 38.8 Å². The second-order valence-electron chi connectivity index (χ2n) is 8.48. The van der Waals surface area contributed by atoms with Crippen LogP contribution in [-0.2, 0) is 17.1 Å². The second-order valence-corrected chi connectivity index (χ2v) is 8.48. The number of hydrazine groups is 1. The summed E-state index contributed by atoms with van der Waals surface area (Å²) in [7, 11) is 0. The van der Waals surface area contributed by atoms with Gasteiger partial charge in [0.25, 0.3) is 5.91 Å². The summed E-state index contributed by atoms with van der Waals surface area (Å²) in [5, 5.41) is 5.80. The third-order valence-electron chi connectivity index (χ3n) is 5.82. The number of aromatic nitrogens is 3. The Bertz CT molecular complexity index is 1270. The molecular formula is C25H23F6N5O. The molecule has 0 unspecified atom stereocenters. The molecular weight excluding hydrogens is 500 g/mol. The van der Waals surface area contributed by atoms with Gasteiger partial charge >= 0.3 is 12.4 Å². The number of hydrogen-bond donors (Lipinski definition) is 1. The first kappa shape index (κ1) is 26.4. The summed E-state index contributed by atoms with van der Waals surface area (Å²) in [5.74, 6) is -1.35. The van der Waals surface area contributed by atoms with E-state index in [1.165, 1.54) is 24.3 Å². The van der Waals surface area contributed by atoms with Gasteiger partial charge in [-0.15, -0.1) is 5.10 Å². The highest BCUT2D eigenvalue weighted by molar-refractivity contribution is 5.90. The van der Waals surface area contributed by atoms with Crippen molar-refractivity contribution in [1.82, 2.24) is 25.2 Å². The number of benzene rings is 2. The average Bonchev–Trinajstić information content (AvgIpc) is 3.11. The fourth-order valence-electron chi connectivity index (χ4n) is 4.09. The molecule has 2 heterocycles. The van der Waals surface area contributed by atoms with Crippen LogP contribution < -0.4 is 5.43 Å². The van der Waals surface area contributed by atoms with Gasteiger partial charge in [-0.2, -0.15) is 26.3 Å². The van der Waals surface area contributed by atoms with Gasteiger partial charge in [-0.1, -0.05) is 49.2 Å². The van der Waals surface area contributed by atoms with Gasteiger partial charge in [0.1, 0.15) is 0 Å². The molecule has 1 N–H and O–H groups in total. The molecule has 3 aromatic rings. The van der Waals surface area contributed by atoms with E-state index in [2.05, 4.69) is 15.5 Å². The Morgan fingerprint density at radius 2 is 1.35 bits per heavy atom. The van der Waals surface area contributed by atoms with Gasteiger partial charge in [-0.25, -0.2) is 14.7 Å². The van der Waals surface area contributed by atoms with Gasteiger partial charge in [-0.05, 0) is 25.0 Å². The van der Waals surface area contributed by atoms with Crippen molar-refractivity contribution in [2.24, 2.45) is 0 Å². The van der Waals surface area contributed by atoms with Crippen LogP contribution >= 0.6 is 0 Å². The van der Waals surface area contributed by atoms with E-state index in [1.807, 2.05) is 0 Å². The Kier molecular flexibility index (Phi) is 7.67. The van der Waals surface area contributed by atoms with E-state index in [1.54, 1.807) is 5.01 Å². The van der Waals surface area contributed by atoms with Crippen molar-refractivity contribution in [3.05, 3.63) is 65.7 Å². The smallest absolute Gasteiger partial charge is 0.285 e. The molecule has 0 saturated carbocycles. The zero-order valence-electron chi connectivity index (χ0n) is 19.5. The minimum Gasteiger partial charge on any atom is -0.285 e. The highest BCUT2D eigenvalue weighted by atomic mass is 19.4. The normalized spacial score (nSPS) is 15.6. The lowest BCUT2D eigenvalue weighted by atomic mass is 10.1. The molecule has 4 rings (SSSR count). The second kappa shape index (κ2) is 10.8. The summed E-state index contributed by atoms with van der Waals surface area (Å²) in [4.78, 5) is 16.6. The molecule has 0 atom stereocenters. The van der Waals surface area contributed by atoms with E-state index in [0.29, 0.717) is 13.1 Å². The molecule has 1 fully saturated rings. The van der Waals surface area contributed by atoms with Crippen LogP contribution in [0.15, 0.2) is 54.6 Å². The van der Waals surface area contributed by atoms with E-state index in [4.69, 9.17) is 0 Å². The van der Waals surface area contributed by atoms with Gasteiger partial charge in [0, 0.05) is 36.5 Å². The Hall–Kier alpha value is -3.67. The maximum Gasteiger partial charge on any atom is 0.417 e. The minimum absolute atomic E-state index is 0.362. The molecule has 0 radical (unpaired) electrons. The van der Waals surface area contributed by atoms with Gasteiger partial charge in [0.05, 0.1) is 11.1 Å². The SMILES string of the molecule is O=C(/C=C\n1nc(-c2ccccc2C(F)(F)F)nc1-c1ccccc1C(F)(F)F)NN1CCCCCC1. The van der Waals surface area contributed by atoms with Gasteiger partial charge in [0.15, 0.2) is 11.6 Å². The molecule has 1 aliphatic rings. The summed E-state index contributed by atoms with van der Waals surface area (Å²) in [6.07, 6.45) is -3.45. The lowest BCUT2D eigenvalue weighted by Gasteiger charge is -2.19. The molecule has 37 heavy (non-hydrogen) atoms. The monoisotopic (exact) mass is 523 g/mol. The molecule has 6 nitrogen and oxygen atoms in total. The van der Waals surface area contributed by atoms with Crippen molar-refractivity contribution < 1.29 is 31.1 Å². The predicted octanol–water partition coefficient (Wildman–Crippen LogP) is 6.03. The zero-order chi connectivity index (χ0) is 26.6. The number of hydrogen-bond acceptors (Lipinski definition) is 4. The number of halogens is 6. The molecule has 1 amide bonds. The third kappa shape index (κ3) is 6.37. The van der Waals surface area contributed by atoms with Crippen LogP contribution in [0.2, 0.25) is 0 Å². The molecule has 1 aromatic heterocycles. The predicted molar refractivity (Wildman–Crippen MR) is 124 cm³/mol. The van der Waals surface area contributed by atoms with Gasteiger partial charge < -0.3 is 0 Å². The number of amides is 1. The molecule has 0 spiro atoms. The van der Waals surface area contributed by atoms with Crippen LogP contribution in [0.1, 0.15) is 36.8 Å². The lowest BCUT2D eigenvalue weighted by molar-refractivity contribution is -0.137. The van der Waals surface area contributed by atoms with E-state index in [0.717, 1.165) is 66.9 Å². The molecule has 1 aliphatic heterocycles. The first-order chi connectivity index (χ1) is 17.5. The molecule has 0 bridgehead atoms. The van der Waals surface area contributed by atoms with E-state index < -0.39 is 46.3 Å². The number of carbonyl (C=O) groups is 1. The summed E-state index contributed by atoms with van der Waals surface area (Å²) >= 11 is 0. The van der Waals surface area contributed by atoms with E-state index in [9.17, 15) is 31.1 Å². The fourth-order valence-corrected chi connectivity index (χ4v) is 4.09. The molecule has 12 heteroatoms. The Labute approximate surface area is 208 Å². The lowest BCUT2D eigenvalue weighted by Crippen LogP contribution is -2.41. The molecule has 0 aliphatic carbocycles. The van der Waals surface area contributed by atoms with Crippen LogP contribution in [0.5, 0.6) is 0 Å². The zero-order valence-corrected chi connectivity index (χ0v) is 19.5. The molecule has 1 saturated heterocycles. The minimum atomic E-state index is -4.76.